The zero-order valence-electron chi connectivity index (χ0n) is 17.0. The summed E-state index contributed by atoms with van der Waals surface area (Å²) in [4.78, 5) is 27.8. The summed E-state index contributed by atoms with van der Waals surface area (Å²) in [6.45, 7) is 7.89. The lowest BCUT2D eigenvalue weighted by Crippen LogP contribution is -2.15. The molecule has 28 heavy (non-hydrogen) atoms. The number of fused-ring (bicyclic) bond motifs is 1. The minimum absolute atomic E-state index is 0.148. The number of aromatic nitrogens is 2. The Kier molecular flexibility index (Phi) is 6.02. The molecule has 1 N–H and O–H groups in total. The number of hydrogen-bond donors (Lipinski definition) is 1. The fourth-order valence-corrected chi connectivity index (χ4v) is 3.91. The average Bonchev–Trinajstić information content (AvgIpc) is 3.20. The highest BCUT2D eigenvalue weighted by atomic mass is 16.5. The van der Waals surface area contributed by atoms with E-state index in [4.69, 9.17) is 4.74 Å². The molecule has 3 aromatic rings. The summed E-state index contributed by atoms with van der Waals surface area (Å²) < 4.78 is 7.35. The van der Waals surface area contributed by atoms with Crippen molar-refractivity contribution in [2.75, 3.05) is 6.61 Å². The molecule has 5 heteroatoms. The molecule has 148 valence electrons. The number of nitrogens with zero attached hydrogens (tertiary/aromatic N) is 1. The highest BCUT2D eigenvalue weighted by molar-refractivity contribution is 5.99. The number of H-pyrrole nitrogens is 1. The van der Waals surface area contributed by atoms with Crippen molar-refractivity contribution in [3.63, 3.8) is 0 Å². The van der Waals surface area contributed by atoms with Crippen molar-refractivity contribution in [2.45, 2.75) is 53.0 Å². The zero-order chi connectivity index (χ0) is 20.3. The number of carbonyl (C=O) groups excluding carboxylic acids is 2. The highest BCUT2D eigenvalue weighted by Crippen LogP contribution is 2.21. The number of aryl methyl sites for hydroxylation is 2. The Morgan fingerprint density at radius 1 is 1.18 bits per heavy atom. The second-order valence-electron chi connectivity index (χ2n) is 7.55. The summed E-state index contributed by atoms with van der Waals surface area (Å²) in [6.07, 6.45) is 3.78. The molecular weight excluding hydrogens is 352 g/mol. The number of aromatic amines is 1. The molecule has 0 amide bonds. The Balaban J connectivity index is 1.49. The minimum Gasteiger partial charge on any atom is -0.457 e. The molecule has 0 radical (unpaired) electrons. The van der Waals surface area contributed by atoms with Crippen LogP contribution in [0.2, 0.25) is 0 Å². The van der Waals surface area contributed by atoms with E-state index in [0.717, 1.165) is 23.3 Å². The van der Waals surface area contributed by atoms with Gasteiger partial charge in [0.2, 0.25) is 5.78 Å². The van der Waals surface area contributed by atoms with Crippen molar-refractivity contribution < 1.29 is 14.3 Å². The Labute approximate surface area is 165 Å². The van der Waals surface area contributed by atoms with Gasteiger partial charge in [0.25, 0.3) is 0 Å². The van der Waals surface area contributed by atoms with Crippen molar-refractivity contribution in [2.24, 2.45) is 0 Å². The first-order valence-corrected chi connectivity index (χ1v) is 9.80. The van der Waals surface area contributed by atoms with Crippen LogP contribution in [0.4, 0.5) is 0 Å². The second-order valence-corrected chi connectivity index (χ2v) is 7.55. The normalized spacial score (nSPS) is 11.3. The fraction of sp³-hybridized carbons (Fsp3) is 0.391. The molecule has 2 aromatic heterocycles. The third kappa shape index (κ3) is 4.19. The van der Waals surface area contributed by atoms with Gasteiger partial charge in [0, 0.05) is 46.5 Å². The van der Waals surface area contributed by atoms with E-state index >= 15 is 0 Å². The van der Waals surface area contributed by atoms with E-state index in [1.54, 1.807) is 0 Å². The van der Waals surface area contributed by atoms with Crippen molar-refractivity contribution in [1.29, 1.82) is 0 Å². The van der Waals surface area contributed by atoms with Crippen LogP contribution in [0.3, 0.4) is 0 Å². The molecule has 0 unspecified atom stereocenters. The third-order valence-electron chi connectivity index (χ3n) is 5.17. The molecule has 0 saturated heterocycles. The first-order valence-electron chi connectivity index (χ1n) is 9.80. The smallest absolute Gasteiger partial charge is 0.306 e. The number of hydrogen-bond acceptors (Lipinski definition) is 3. The van der Waals surface area contributed by atoms with Crippen LogP contribution in [0.1, 0.15) is 60.0 Å². The van der Waals surface area contributed by atoms with E-state index < -0.39 is 0 Å². The SMILES string of the molecule is Cc1cc(C(=O)COC(=O)CCCc2c[nH]c3ccccc23)c(C)n1C(C)C. The van der Waals surface area contributed by atoms with Gasteiger partial charge in [-0.2, -0.15) is 0 Å². The van der Waals surface area contributed by atoms with Gasteiger partial charge >= 0.3 is 5.97 Å². The van der Waals surface area contributed by atoms with E-state index in [9.17, 15) is 9.59 Å². The highest BCUT2D eigenvalue weighted by Gasteiger charge is 2.18. The van der Waals surface area contributed by atoms with Crippen LogP contribution in [-0.4, -0.2) is 27.9 Å². The van der Waals surface area contributed by atoms with Crippen molar-refractivity contribution in [1.82, 2.24) is 9.55 Å². The lowest BCUT2D eigenvalue weighted by molar-refractivity contribution is -0.142. The molecular formula is C23H28N2O3. The van der Waals surface area contributed by atoms with Gasteiger partial charge in [0.05, 0.1) is 0 Å². The minimum atomic E-state index is -0.328. The molecule has 0 fully saturated rings. The maximum Gasteiger partial charge on any atom is 0.306 e. The maximum absolute atomic E-state index is 12.5. The number of nitrogens with one attached hydrogen (secondary N) is 1. The summed E-state index contributed by atoms with van der Waals surface area (Å²) in [5.74, 6) is -0.476. The number of ketones is 1. The van der Waals surface area contributed by atoms with E-state index in [-0.39, 0.29) is 24.4 Å². The van der Waals surface area contributed by atoms with E-state index in [0.29, 0.717) is 18.4 Å². The summed E-state index contributed by atoms with van der Waals surface area (Å²) >= 11 is 0. The molecule has 0 aliphatic carbocycles. The van der Waals surface area contributed by atoms with Crippen LogP contribution in [0, 0.1) is 13.8 Å². The van der Waals surface area contributed by atoms with Gasteiger partial charge in [-0.25, -0.2) is 0 Å². The quantitative estimate of drug-likeness (QED) is 0.446. The van der Waals surface area contributed by atoms with Gasteiger partial charge < -0.3 is 14.3 Å². The molecule has 5 nitrogen and oxygen atoms in total. The molecule has 0 saturated carbocycles. The number of para-hydroxylation sites is 1. The first-order chi connectivity index (χ1) is 13.4. The maximum atomic E-state index is 12.5. The van der Waals surface area contributed by atoms with Crippen molar-refractivity contribution in [3.05, 3.63) is 59.0 Å². The van der Waals surface area contributed by atoms with Gasteiger partial charge in [-0.15, -0.1) is 0 Å². The molecule has 0 spiro atoms. The number of esters is 1. The first kappa shape index (κ1) is 19.9. The topological polar surface area (TPSA) is 64.1 Å². The van der Waals surface area contributed by atoms with Gasteiger partial charge in [-0.3, -0.25) is 9.59 Å². The lowest BCUT2D eigenvalue weighted by atomic mass is 10.1. The van der Waals surface area contributed by atoms with Gasteiger partial charge in [-0.05, 0) is 58.2 Å². The lowest BCUT2D eigenvalue weighted by Gasteiger charge is -2.13. The van der Waals surface area contributed by atoms with Crippen molar-refractivity contribution in [3.8, 4) is 0 Å². The van der Waals surface area contributed by atoms with Crippen molar-refractivity contribution >= 4 is 22.7 Å². The molecule has 0 aliphatic heterocycles. The fourth-order valence-electron chi connectivity index (χ4n) is 3.91. The summed E-state index contributed by atoms with van der Waals surface area (Å²) in [6, 6.07) is 10.3. The van der Waals surface area contributed by atoms with Crippen LogP contribution in [0.5, 0.6) is 0 Å². The molecule has 0 atom stereocenters. The third-order valence-corrected chi connectivity index (χ3v) is 5.17. The van der Waals surface area contributed by atoms with E-state index in [2.05, 4.69) is 29.5 Å². The summed E-state index contributed by atoms with van der Waals surface area (Å²) in [5.41, 5.74) is 4.90. The Morgan fingerprint density at radius 2 is 1.93 bits per heavy atom. The molecule has 0 bridgehead atoms. The van der Waals surface area contributed by atoms with Crippen LogP contribution >= 0.6 is 0 Å². The number of ether oxygens (including phenoxy) is 1. The summed E-state index contributed by atoms with van der Waals surface area (Å²) in [5, 5.41) is 1.19. The van der Waals surface area contributed by atoms with E-state index in [1.807, 2.05) is 44.3 Å². The number of rotatable bonds is 8. The van der Waals surface area contributed by atoms with E-state index in [1.165, 1.54) is 10.9 Å². The van der Waals surface area contributed by atoms with Crippen LogP contribution in [0.25, 0.3) is 10.9 Å². The largest absolute Gasteiger partial charge is 0.457 e. The van der Waals surface area contributed by atoms with Crippen LogP contribution in [0.15, 0.2) is 36.5 Å². The number of Topliss-reactive ketones (excluding diaryl/α,β-unsaturated/α-hetero) is 1. The predicted molar refractivity (Wildman–Crippen MR) is 111 cm³/mol. The number of benzene rings is 1. The average molecular weight is 380 g/mol. The number of carbonyl (C=O) groups is 2. The Bertz CT molecular complexity index is 995. The standard InChI is InChI=1S/C23H28N2O3/c1-15(2)25-16(3)12-20(17(25)4)22(26)14-28-23(27)11-7-8-18-13-24-21-10-6-5-9-19(18)21/h5-6,9-10,12-13,15,24H,7-8,11,14H2,1-4H3. The Morgan fingerprint density at radius 3 is 2.64 bits per heavy atom. The van der Waals surface area contributed by atoms with Crippen LogP contribution in [-0.2, 0) is 16.0 Å². The molecule has 2 heterocycles. The Hall–Kier alpha value is -2.82. The molecule has 0 aliphatic rings. The van der Waals surface area contributed by atoms with Gasteiger partial charge in [0.1, 0.15) is 0 Å². The van der Waals surface area contributed by atoms with Gasteiger partial charge in [-0.1, -0.05) is 18.2 Å². The van der Waals surface area contributed by atoms with Gasteiger partial charge in [0.15, 0.2) is 6.61 Å². The second kappa shape index (κ2) is 8.46. The summed E-state index contributed by atoms with van der Waals surface area (Å²) in [7, 11) is 0. The predicted octanol–water partition coefficient (Wildman–Crippen LogP) is 4.92. The van der Waals surface area contributed by atoms with Crippen LogP contribution < -0.4 is 0 Å². The zero-order valence-corrected chi connectivity index (χ0v) is 17.0. The monoisotopic (exact) mass is 380 g/mol. The molecule has 1 aromatic carbocycles. The molecule has 3 rings (SSSR count).